The predicted molar refractivity (Wildman–Crippen MR) is 130 cm³/mol. The summed E-state index contributed by atoms with van der Waals surface area (Å²) < 4.78 is 38.7. The fraction of sp³-hybridized carbons (Fsp3) is 0.536. The topological polar surface area (TPSA) is 82.5 Å². The molecule has 3 fully saturated rings. The van der Waals surface area contributed by atoms with Gasteiger partial charge in [-0.15, -0.1) is 0 Å². The molecule has 1 aliphatic heterocycles. The number of aromatic nitrogens is 1. The number of likely N-dealkylation sites (tertiary alicyclic amines) is 1. The van der Waals surface area contributed by atoms with Gasteiger partial charge in [0.15, 0.2) is 5.78 Å². The van der Waals surface area contributed by atoms with Crippen molar-refractivity contribution in [3.05, 3.63) is 65.5 Å². The monoisotopic (exact) mass is 515 g/mol. The number of Topliss-reactive ketones (excluding diaryl/α,β-unsaturated/α-hetero) is 1. The van der Waals surface area contributed by atoms with E-state index >= 15 is 0 Å². The highest BCUT2D eigenvalue weighted by Gasteiger charge is 2.50. The molecule has 3 aliphatic rings. The largest absolute Gasteiger partial charge is 0.416 e. The quantitative estimate of drug-likeness (QED) is 0.578. The summed E-state index contributed by atoms with van der Waals surface area (Å²) in [5, 5.41) is 13.7. The Labute approximate surface area is 214 Å². The van der Waals surface area contributed by atoms with E-state index in [4.69, 9.17) is 0 Å². The summed E-state index contributed by atoms with van der Waals surface area (Å²) in [4.78, 5) is 31.4. The van der Waals surface area contributed by atoms with Crippen LogP contribution in [-0.4, -0.2) is 52.4 Å². The van der Waals surface area contributed by atoms with Crippen LogP contribution in [0.25, 0.3) is 0 Å². The lowest BCUT2D eigenvalue weighted by atomic mass is 9.90. The Morgan fingerprint density at radius 1 is 1.14 bits per heavy atom. The molecule has 2 heterocycles. The molecule has 1 aromatic carbocycles. The zero-order valence-electron chi connectivity index (χ0n) is 20.6. The van der Waals surface area contributed by atoms with Crippen molar-refractivity contribution in [1.29, 1.82) is 0 Å². The van der Waals surface area contributed by atoms with E-state index in [9.17, 15) is 27.9 Å². The summed E-state index contributed by atoms with van der Waals surface area (Å²) >= 11 is 0. The summed E-state index contributed by atoms with van der Waals surface area (Å²) in [6, 6.07) is 8.48. The molecule has 0 spiro atoms. The van der Waals surface area contributed by atoms with Crippen molar-refractivity contribution in [2.45, 2.75) is 56.3 Å². The summed E-state index contributed by atoms with van der Waals surface area (Å²) in [7, 11) is 0. The molecular weight excluding hydrogens is 483 g/mol. The first-order valence-corrected chi connectivity index (χ1v) is 12.9. The second kappa shape index (κ2) is 10.2. The molecule has 1 saturated heterocycles. The second-order valence-electron chi connectivity index (χ2n) is 11.0. The van der Waals surface area contributed by atoms with Gasteiger partial charge in [0, 0.05) is 42.5 Å². The lowest BCUT2D eigenvalue weighted by molar-refractivity contribution is -0.137. The molecule has 2 N–H and O–H groups in total. The van der Waals surface area contributed by atoms with Gasteiger partial charge in [-0.25, -0.2) is 0 Å². The minimum atomic E-state index is -4.53. The van der Waals surface area contributed by atoms with Crippen LogP contribution in [0.3, 0.4) is 0 Å². The van der Waals surface area contributed by atoms with E-state index < -0.39 is 23.2 Å². The van der Waals surface area contributed by atoms with E-state index in [2.05, 4.69) is 15.2 Å². The Morgan fingerprint density at radius 2 is 1.89 bits per heavy atom. The molecule has 6 nitrogen and oxygen atoms in total. The first-order valence-electron chi connectivity index (χ1n) is 12.9. The third-order valence-corrected chi connectivity index (χ3v) is 8.46. The van der Waals surface area contributed by atoms with Crippen LogP contribution < -0.4 is 5.32 Å². The number of halogens is 3. The fourth-order valence-corrected chi connectivity index (χ4v) is 6.68. The lowest BCUT2D eigenvalue weighted by Crippen LogP contribution is -2.34. The number of amides is 1. The molecule has 198 valence electrons. The number of aliphatic hydroxyl groups is 1. The number of carbonyl (C=O) groups is 2. The first kappa shape index (κ1) is 25.9. The van der Waals surface area contributed by atoms with E-state index in [0.717, 1.165) is 62.9 Å². The lowest BCUT2D eigenvalue weighted by Gasteiger charge is -2.28. The number of nitrogens with zero attached hydrogens (tertiary/aromatic N) is 2. The highest BCUT2D eigenvalue weighted by Crippen LogP contribution is 2.53. The Morgan fingerprint density at radius 3 is 2.57 bits per heavy atom. The SMILES string of the molecule is O=C(CNC(=O)c1cccc(C(F)(F)F)c1)C[C@@H]1CCN(C2C[C@@H]3CC(O)(c4cccnc4)C[C@@H]3C2)C1. The molecule has 5 rings (SSSR count). The van der Waals surface area contributed by atoms with Gasteiger partial charge < -0.3 is 15.3 Å². The highest BCUT2D eigenvalue weighted by molar-refractivity contribution is 5.96. The molecule has 0 bridgehead atoms. The average molecular weight is 516 g/mol. The number of nitrogens with one attached hydrogen (secondary N) is 1. The molecular formula is C28H32F3N3O3. The van der Waals surface area contributed by atoms with Gasteiger partial charge in [-0.3, -0.25) is 14.6 Å². The van der Waals surface area contributed by atoms with Crippen LogP contribution >= 0.6 is 0 Å². The molecule has 0 radical (unpaired) electrons. The van der Waals surface area contributed by atoms with E-state index in [-0.39, 0.29) is 23.8 Å². The van der Waals surface area contributed by atoms with Crippen LogP contribution in [0.15, 0.2) is 48.8 Å². The minimum Gasteiger partial charge on any atom is -0.385 e. The third kappa shape index (κ3) is 5.72. The fourth-order valence-electron chi connectivity index (χ4n) is 6.68. The predicted octanol–water partition coefficient (Wildman–Crippen LogP) is 4.19. The highest BCUT2D eigenvalue weighted by atomic mass is 19.4. The van der Waals surface area contributed by atoms with Gasteiger partial charge in [0.2, 0.25) is 0 Å². The van der Waals surface area contributed by atoms with Crippen LogP contribution in [0.2, 0.25) is 0 Å². The van der Waals surface area contributed by atoms with Gasteiger partial charge in [0.1, 0.15) is 0 Å². The average Bonchev–Trinajstić information content (AvgIpc) is 3.56. The molecule has 1 aromatic heterocycles. The first-order chi connectivity index (χ1) is 17.6. The maximum absolute atomic E-state index is 12.9. The molecule has 2 saturated carbocycles. The molecule has 37 heavy (non-hydrogen) atoms. The summed E-state index contributed by atoms with van der Waals surface area (Å²) in [6.07, 6.45) is 3.86. The zero-order chi connectivity index (χ0) is 26.2. The molecule has 2 unspecified atom stereocenters. The number of fused-ring (bicyclic) bond motifs is 1. The number of hydrogen-bond donors (Lipinski definition) is 2. The van der Waals surface area contributed by atoms with Crippen LogP contribution in [0.1, 0.15) is 60.0 Å². The summed E-state index contributed by atoms with van der Waals surface area (Å²) in [5.41, 5.74) is -0.888. The van der Waals surface area contributed by atoms with Crippen LogP contribution in [0.4, 0.5) is 13.2 Å². The van der Waals surface area contributed by atoms with Gasteiger partial charge in [-0.05, 0) is 80.7 Å². The number of ketones is 1. The number of pyridine rings is 1. The van der Waals surface area contributed by atoms with Crippen molar-refractivity contribution >= 4 is 11.7 Å². The maximum Gasteiger partial charge on any atom is 0.416 e. The van der Waals surface area contributed by atoms with Crippen molar-refractivity contribution in [3.63, 3.8) is 0 Å². The van der Waals surface area contributed by atoms with Crippen LogP contribution in [0, 0.1) is 17.8 Å². The normalized spacial score (nSPS) is 29.8. The number of alkyl halides is 3. The Hall–Kier alpha value is -2.78. The molecule has 2 aliphatic carbocycles. The molecule has 2 aromatic rings. The second-order valence-corrected chi connectivity index (χ2v) is 11.0. The van der Waals surface area contributed by atoms with Gasteiger partial charge in [-0.1, -0.05) is 12.1 Å². The Bertz CT molecular complexity index is 1130. The number of benzene rings is 1. The smallest absolute Gasteiger partial charge is 0.385 e. The summed E-state index contributed by atoms with van der Waals surface area (Å²) in [5.74, 6) is 0.392. The number of rotatable bonds is 7. The van der Waals surface area contributed by atoms with Crippen molar-refractivity contribution in [3.8, 4) is 0 Å². The maximum atomic E-state index is 12.9. The van der Waals surface area contributed by atoms with Gasteiger partial charge in [0.05, 0.1) is 17.7 Å². The van der Waals surface area contributed by atoms with E-state index in [1.807, 2.05) is 12.1 Å². The Balaban J connectivity index is 1.06. The zero-order valence-corrected chi connectivity index (χ0v) is 20.6. The van der Waals surface area contributed by atoms with E-state index in [0.29, 0.717) is 24.3 Å². The van der Waals surface area contributed by atoms with E-state index in [1.54, 1.807) is 12.4 Å². The Kier molecular flexibility index (Phi) is 7.11. The van der Waals surface area contributed by atoms with Gasteiger partial charge >= 0.3 is 6.18 Å². The van der Waals surface area contributed by atoms with Gasteiger partial charge in [0.25, 0.3) is 5.91 Å². The summed E-state index contributed by atoms with van der Waals surface area (Å²) in [6.45, 7) is 1.59. The standard InChI is InChI=1S/C28H32F3N3O3/c29-28(30,31)22-4-1-3-19(10-22)26(36)33-16-25(35)9-18-6-8-34(17-18)24-11-20-13-27(37,14-21(20)12-24)23-5-2-7-32-15-23/h1-5,7,10,15,18,20-21,24,37H,6,8-9,11-14,16-17H2,(H,33,36)/t18-,20-,21+,24?,27?/m0/s1. The minimum absolute atomic E-state index is 0.114. The molecule has 5 atom stereocenters. The number of hydrogen-bond acceptors (Lipinski definition) is 5. The number of carbonyl (C=O) groups excluding carboxylic acids is 2. The molecule has 9 heteroatoms. The third-order valence-electron chi connectivity index (χ3n) is 8.46. The molecule has 1 amide bonds. The van der Waals surface area contributed by atoms with Crippen LogP contribution in [-0.2, 0) is 16.6 Å². The van der Waals surface area contributed by atoms with Gasteiger partial charge in [-0.2, -0.15) is 13.2 Å². The van der Waals surface area contributed by atoms with E-state index in [1.165, 1.54) is 12.1 Å². The van der Waals surface area contributed by atoms with Crippen molar-refractivity contribution in [1.82, 2.24) is 15.2 Å². The van der Waals surface area contributed by atoms with Crippen molar-refractivity contribution in [2.24, 2.45) is 17.8 Å². The van der Waals surface area contributed by atoms with Crippen LogP contribution in [0.5, 0.6) is 0 Å². The van der Waals surface area contributed by atoms with Crippen molar-refractivity contribution < 1.29 is 27.9 Å². The van der Waals surface area contributed by atoms with Crippen molar-refractivity contribution in [2.75, 3.05) is 19.6 Å².